The van der Waals surface area contributed by atoms with Gasteiger partial charge in [0.2, 0.25) is 5.95 Å². The van der Waals surface area contributed by atoms with Gasteiger partial charge in [-0.15, -0.1) is 0 Å². The lowest BCUT2D eigenvalue weighted by Crippen LogP contribution is -2.58. The zero-order valence-corrected chi connectivity index (χ0v) is 17.1. The molecule has 0 unspecified atom stereocenters. The lowest BCUT2D eigenvalue weighted by atomic mass is 9.72. The maximum Gasteiger partial charge on any atom is 0.245 e. The van der Waals surface area contributed by atoms with Crippen LogP contribution < -0.4 is 10.2 Å². The number of rotatable bonds is 4. The molecule has 0 saturated carbocycles. The number of benzene rings is 2. The number of aromatic nitrogens is 4. The number of piperidine rings is 2. The SMILES string of the molecule is O[C@H]1CCNC[C@]12CCCN(c1nnnn1Cc1ccc(-c3ccccc3)cc1)C2. The topological polar surface area (TPSA) is 79.1 Å². The van der Waals surface area contributed by atoms with Crippen molar-refractivity contribution in [2.24, 2.45) is 5.41 Å². The lowest BCUT2D eigenvalue weighted by molar-refractivity contribution is -0.0104. The summed E-state index contributed by atoms with van der Waals surface area (Å²) in [7, 11) is 0. The average molecular weight is 405 g/mol. The van der Waals surface area contributed by atoms with E-state index >= 15 is 0 Å². The van der Waals surface area contributed by atoms with Gasteiger partial charge in [-0.2, -0.15) is 0 Å². The quantitative estimate of drug-likeness (QED) is 0.695. The largest absolute Gasteiger partial charge is 0.392 e. The number of nitrogens with one attached hydrogen (secondary N) is 1. The summed E-state index contributed by atoms with van der Waals surface area (Å²) in [5, 5.41) is 26.7. The van der Waals surface area contributed by atoms with Crippen molar-refractivity contribution >= 4 is 5.95 Å². The van der Waals surface area contributed by atoms with Crippen LogP contribution in [0.15, 0.2) is 54.6 Å². The van der Waals surface area contributed by atoms with Crippen molar-refractivity contribution in [3.8, 4) is 11.1 Å². The summed E-state index contributed by atoms with van der Waals surface area (Å²) in [5.41, 5.74) is 3.47. The predicted molar refractivity (Wildman–Crippen MR) is 116 cm³/mol. The molecule has 30 heavy (non-hydrogen) atoms. The average Bonchev–Trinajstić information content (AvgIpc) is 3.25. The van der Waals surface area contributed by atoms with Gasteiger partial charge < -0.3 is 15.3 Å². The molecule has 2 aliphatic rings. The first-order valence-corrected chi connectivity index (χ1v) is 10.8. The minimum Gasteiger partial charge on any atom is -0.392 e. The molecule has 0 radical (unpaired) electrons. The minimum atomic E-state index is -0.267. The second-order valence-electron chi connectivity index (χ2n) is 8.57. The Morgan fingerprint density at radius 3 is 2.67 bits per heavy atom. The van der Waals surface area contributed by atoms with Crippen LogP contribution in [0.2, 0.25) is 0 Å². The normalized spacial score (nSPS) is 24.3. The van der Waals surface area contributed by atoms with Gasteiger partial charge >= 0.3 is 0 Å². The smallest absolute Gasteiger partial charge is 0.245 e. The van der Waals surface area contributed by atoms with Gasteiger partial charge in [-0.3, -0.25) is 0 Å². The van der Waals surface area contributed by atoms with E-state index in [4.69, 9.17) is 0 Å². The van der Waals surface area contributed by atoms with Crippen LogP contribution in [-0.2, 0) is 6.54 Å². The molecule has 0 aliphatic carbocycles. The predicted octanol–water partition coefficient (Wildman–Crippen LogP) is 2.33. The van der Waals surface area contributed by atoms with Crippen molar-refractivity contribution in [3.05, 3.63) is 60.2 Å². The van der Waals surface area contributed by atoms with Crippen molar-refractivity contribution in [3.63, 3.8) is 0 Å². The first kappa shape index (κ1) is 19.2. The zero-order chi connectivity index (χ0) is 20.4. The van der Waals surface area contributed by atoms with Crippen LogP contribution in [0, 0.1) is 5.41 Å². The van der Waals surface area contributed by atoms with Crippen LogP contribution >= 0.6 is 0 Å². The van der Waals surface area contributed by atoms with Crippen LogP contribution in [0.3, 0.4) is 0 Å². The third-order valence-electron chi connectivity index (χ3n) is 6.58. The molecule has 156 valence electrons. The second kappa shape index (κ2) is 8.16. The molecule has 2 atom stereocenters. The fraction of sp³-hybridized carbons (Fsp3) is 0.435. The molecule has 0 bridgehead atoms. The van der Waals surface area contributed by atoms with E-state index in [9.17, 15) is 5.11 Å². The fourth-order valence-electron chi connectivity index (χ4n) is 4.88. The Balaban J connectivity index is 1.33. The molecule has 5 rings (SSSR count). The summed E-state index contributed by atoms with van der Waals surface area (Å²) in [4.78, 5) is 2.25. The van der Waals surface area contributed by atoms with Crippen molar-refractivity contribution in [1.82, 2.24) is 25.5 Å². The Hall–Kier alpha value is -2.77. The van der Waals surface area contributed by atoms with Crippen molar-refractivity contribution in [1.29, 1.82) is 0 Å². The number of aliphatic hydroxyl groups is 1. The Morgan fingerprint density at radius 1 is 1.07 bits per heavy atom. The molecule has 3 aromatic rings. The summed E-state index contributed by atoms with van der Waals surface area (Å²) in [6, 6.07) is 19.0. The van der Waals surface area contributed by atoms with E-state index < -0.39 is 0 Å². The van der Waals surface area contributed by atoms with Crippen molar-refractivity contribution in [2.45, 2.75) is 31.9 Å². The van der Waals surface area contributed by atoms with Gasteiger partial charge in [0.25, 0.3) is 0 Å². The number of aliphatic hydroxyl groups excluding tert-OH is 1. The third-order valence-corrected chi connectivity index (χ3v) is 6.58. The van der Waals surface area contributed by atoms with Crippen molar-refractivity contribution in [2.75, 3.05) is 31.1 Å². The molecule has 2 fully saturated rings. The van der Waals surface area contributed by atoms with E-state index in [1.165, 1.54) is 11.1 Å². The van der Waals surface area contributed by atoms with E-state index in [-0.39, 0.29) is 11.5 Å². The standard InChI is InChI=1S/C23H28N6O/c30-21-11-13-24-16-23(21)12-4-14-28(17-23)22-25-26-27-29(22)15-18-7-9-20(10-8-18)19-5-2-1-3-6-19/h1-3,5-10,21,24,30H,4,11-17H2/t21-,23-/m0/s1. The van der Waals surface area contributed by atoms with E-state index in [0.717, 1.165) is 57.0 Å². The minimum absolute atomic E-state index is 0.107. The van der Waals surface area contributed by atoms with Gasteiger partial charge in [0.15, 0.2) is 0 Å². The van der Waals surface area contributed by atoms with Crippen LogP contribution in [0.1, 0.15) is 24.8 Å². The van der Waals surface area contributed by atoms with E-state index in [1.54, 1.807) is 0 Å². The monoisotopic (exact) mass is 404 g/mol. The van der Waals surface area contributed by atoms with Crippen LogP contribution in [0.5, 0.6) is 0 Å². The summed E-state index contributed by atoms with van der Waals surface area (Å²) < 4.78 is 1.87. The first-order valence-electron chi connectivity index (χ1n) is 10.8. The molecule has 1 aromatic heterocycles. The molecule has 2 aliphatic heterocycles. The zero-order valence-electron chi connectivity index (χ0n) is 17.1. The van der Waals surface area contributed by atoms with Crippen LogP contribution in [-0.4, -0.2) is 57.6 Å². The highest BCUT2D eigenvalue weighted by atomic mass is 16.3. The first-order chi connectivity index (χ1) is 14.7. The van der Waals surface area contributed by atoms with Gasteiger partial charge in [0, 0.05) is 25.0 Å². The molecule has 0 amide bonds. The van der Waals surface area contributed by atoms with E-state index in [1.807, 2.05) is 10.7 Å². The molecule has 2 aromatic carbocycles. The number of nitrogens with zero attached hydrogens (tertiary/aromatic N) is 5. The molecular formula is C23H28N6O. The van der Waals surface area contributed by atoms with Gasteiger partial charge in [0.1, 0.15) is 0 Å². The van der Waals surface area contributed by atoms with Gasteiger partial charge in [-0.05, 0) is 52.9 Å². The van der Waals surface area contributed by atoms with E-state index in [2.05, 4.69) is 74.3 Å². The highest BCUT2D eigenvalue weighted by Gasteiger charge is 2.44. The Morgan fingerprint density at radius 2 is 1.87 bits per heavy atom. The third kappa shape index (κ3) is 3.70. The highest BCUT2D eigenvalue weighted by Crippen LogP contribution is 2.37. The van der Waals surface area contributed by atoms with E-state index in [0.29, 0.717) is 6.54 Å². The Bertz CT molecular complexity index is 969. The molecule has 7 heteroatoms. The Kier molecular flexibility index (Phi) is 5.23. The highest BCUT2D eigenvalue weighted by molar-refractivity contribution is 5.63. The molecule has 1 spiro atoms. The number of tetrazole rings is 1. The molecule has 2 saturated heterocycles. The summed E-state index contributed by atoms with van der Waals surface area (Å²) >= 11 is 0. The number of hydrogen-bond acceptors (Lipinski definition) is 6. The lowest BCUT2D eigenvalue weighted by Gasteiger charge is -2.48. The van der Waals surface area contributed by atoms with Gasteiger partial charge in [-0.1, -0.05) is 59.7 Å². The molecule has 3 heterocycles. The molecule has 2 N–H and O–H groups in total. The molecule has 7 nitrogen and oxygen atoms in total. The van der Waals surface area contributed by atoms with Gasteiger partial charge in [-0.25, -0.2) is 4.68 Å². The number of anilines is 1. The Labute approximate surface area is 176 Å². The maximum atomic E-state index is 10.7. The second-order valence-corrected chi connectivity index (χ2v) is 8.57. The van der Waals surface area contributed by atoms with Crippen LogP contribution in [0.4, 0.5) is 5.95 Å². The maximum absolute atomic E-state index is 10.7. The van der Waals surface area contributed by atoms with Crippen molar-refractivity contribution < 1.29 is 5.11 Å². The molecular weight excluding hydrogens is 376 g/mol. The van der Waals surface area contributed by atoms with Crippen LogP contribution in [0.25, 0.3) is 11.1 Å². The number of hydrogen-bond donors (Lipinski definition) is 2. The fourth-order valence-corrected chi connectivity index (χ4v) is 4.88. The summed E-state index contributed by atoms with van der Waals surface area (Å²) in [6.07, 6.45) is 2.63. The van der Waals surface area contributed by atoms with Gasteiger partial charge in [0.05, 0.1) is 12.6 Å². The summed E-state index contributed by atoms with van der Waals surface area (Å²) in [5.74, 6) is 0.791. The summed E-state index contributed by atoms with van der Waals surface area (Å²) in [6.45, 7) is 4.07.